The quantitative estimate of drug-likeness (QED) is 0.283. The molecule has 2 atom stereocenters. The Balaban J connectivity index is 0.000000471. The van der Waals surface area contributed by atoms with Crippen LogP contribution in [0, 0.1) is 5.92 Å². The summed E-state index contributed by atoms with van der Waals surface area (Å²) in [5, 5.41) is 33.8. The van der Waals surface area contributed by atoms with Gasteiger partial charge in [-0.3, -0.25) is 14.4 Å². The van der Waals surface area contributed by atoms with Crippen molar-refractivity contribution in [2.75, 3.05) is 20.6 Å². The van der Waals surface area contributed by atoms with Gasteiger partial charge in [0.25, 0.3) is 0 Å². The predicted molar refractivity (Wildman–Crippen MR) is 139 cm³/mol. The Morgan fingerprint density at radius 1 is 0.868 bits per heavy atom. The Labute approximate surface area is 222 Å². The predicted octanol–water partition coefficient (Wildman–Crippen LogP) is 3.03. The highest BCUT2D eigenvalue weighted by Crippen LogP contribution is 2.38. The number of nitrogens with zero attached hydrogens (tertiary/aromatic N) is 1. The van der Waals surface area contributed by atoms with Gasteiger partial charge < -0.3 is 30.1 Å². The molecule has 0 aliphatic heterocycles. The van der Waals surface area contributed by atoms with Crippen molar-refractivity contribution in [2.45, 2.75) is 50.7 Å². The summed E-state index contributed by atoms with van der Waals surface area (Å²) in [7, 11) is 4.10. The highest BCUT2D eigenvalue weighted by Gasteiger charge is 2.42. The summed E-state index contributed by atoms with van der Waals surface area (Å²) in [6.07, 6.45) is -1.25. The summed E-state index contributed by atoms with van der Waals surface area (Å²) < 4.78 is 6.17. The molecule has 0 saturated heterocycles. The van der Waals surface area contributed by atoms with Gasteiger partial charge in [0, 0.05) is 25.3 Å². The average molecular weight is 532 g/mol. The Morgan fingerprint density at radius 2 is 1.34 bits per heavy atom. The summed E-state index contributed by atoms with van der Waals surface area (Å²) in [6, 6.07) is 20.4. The standard InChI is InChI=1S/C22H29NO2.C6H8O7/c1-5-21(24)25-22(18(2)17-23(3)4,20-14-10-7-11-15-20)16-19-12-8-6-9-13-19;7-3(8)1-6(13,5(11)12)2-4(9)10/h6-15,18H,5,16-17H2,1-4H3;13H,1-2H2,(H,7,8)(H,9,10)(H,11,12)/t18-,22+;/m1./s1. The number of carbonyl (C=O) groups is 4. The number of aliphatic hydroxyl groups is 1. The van der Waals surface area contributed by atoms with E-state index in [0.29, 0.717) is 12.8 Å². The first-order valence-electron chi connectivity index (χ1n) is 12.1. The minimum absolute atomic E-state index is 0.139. The molecule has 0 amide bonds. The number of carboxylic acids is 3. The van der Waals surface area contributed by atoms with Crippen molar-refractivity contribution in [1.29, 1.82) is 0 Å². The van der Waals surface area contributed by atoms with Crippen LogP contribution in [0.15, 0.2) is 60.7 Å². The Bertz CT molecular complexity index is 1040. The molecule has 0 aromatic heterocycles. The maximum atomic E-state index is 12.3. The lowest BCUT2D eigenvalue weighted by Crippen LogP contribution is -2.44. The maximum Gasteiger partial charge on any atom is 0.336 e. The van der Waals surface area contributed by atoms with Crippen LogP contribution >= 0.6 is 0 Å². The molecule has 2 rings (SSSR count). The van der Waals surface area contributed by atoms with Crippen molar-refractivity contribution in [3.63, 3.8) is 0 Å². The van der Waals surface area contributed by atoms with E-state index in [1.54, 1.807) is 0 Å². The van der Waals surface area contributed by atoms with Crippen molar-refractivity contribution >= 4 is 23.9 Å². The fourth-order valence-electron chi connectivity index (χ4n) is 4.06. The number of esters is 1. The molecule has 2 aromatic rings. The SMILES string of the molecule is CCC(=O)O[C@](Cc1ccccc1)(c1ccccc1)[C@H](C)CN(C)C.O=C(O)CC(O)(CC(=O)O)C(=O)O. The largest absolute Gasteiger partial charge is 0.481 e. The van der Waals surface area contributed by atoms with E-state index in [1.165, 1.54) is 5.56 Å². The number of aliphatic carboxylic acids is 3. The van der Waals surface area contributed by atoms with Gasteiger partial charge in [0.1, 0.15) is 5.60 Å². The van der Waals surface area contributed by atoms with Crippen molar-refractivity contribution in [3.05, 3.63) is 71.8 Å². The topological polar surface area (TPSA) is 162 Å². The van der Waals surface area contributed by atoms with Crippen molar-refractivity contribution in [1.82, 2.24) is 4.90 Å². The van der Waals surface area contributed by atoms with Crippen LogP contribution in [0.1, 0.15) is 44.2 Å². The lowest BCUT2D eigenvalue weighted by atomic mass is 9.77. The van der Waals surface area contributed by atoms with E-state index < -0.39 is 42.0 Å². The first kappa shape index (κ1) is 32.3. The van der Waals surface area contributed by atoms with E-state index in [0.717, 1.165) is 12.1 Å². The highest BCUT2D eigenvalue weighted by atomic mass is 16.6. The Morgan fingerprint density at radius 3 is 1.74 bits per heavy atom. The third-order valence-corrected chi connectivity index (χ3v) is 5.88. The summed E-state index contributed by atoms with van der Waals surface area (Å²) in [5.41, 5.74) is -1.20. The molecular weight excluding hydrogens is 494 g/mol. The van der Waals surface area contributed by atoms with Crippen LogP contribution in [-0.2, 0) is 35.9 Å². The lowest BCUT2D eigenvalue weighted by Gasteiger charge is -2.40. The first-order chi connectivity index (χ1) is 17.8. The van der Waals surface area contributed by atoms with Gasteiger partial charge in [-0.1, -0.05) is 74.5 Å². The van der Waals surface area contributed by atoms with Gasteiger partial charge in [0.15, 0.2) is 5.60 Å². The van der Waals surface area contributed by atoms with Crippen LogP contribution < -0.4 is 0 Å². The molecule has 0 aliphatic carbocycles. The number of carbonyl (C=O) groups excluding carboxylic acids is 1. The molecule has 0 bridgehead atoms. The molecular formula is C28H37NO9. The molecule has 0 spiro atoms. The van der Waals surface area contributed by atoms with E-state index in [9.17, 15) is 19.2 Å². The van der Waals surface area contributed by atoms with Crippen LogP contribution in [0.2, 0.25) is 0 Å². The molecule has 2 aromatic carbocycles. The molecule has 0 unspecified atom stereocenters. The van der Waals surface area contributed by atoms with E-state index in [1.807, 2.05) is 43.3 Å². The molecule has 38 heavy (non-hydrogen) atoms. The molecule has 0 heterocycles. The van der Waals surface area contributed by atoms with Gasteiger partial charge in [0.05, 0.1) is 12.8 Å². The van der Waals surface area contributed by atoms with Gasteiger partial charge >= 0.3 is 23.9 Å². The fourth-order valence-corrected chi connectivity index (χ4v) is 4.06. The monoisotopic (exact) mass is 531 g/mol. The smallest absolute Gasteiger partial charge is 0.336 e. The zero-order valence-corrected chi connectivity index (χ0v) is 22.2. The zero-order valence-electron chi connectivity index (χ0n) is 22.2. The number of carboxylic acid groups (broad SMARTS) is 3. The maximum absolute atomic E-state index is 12.3. The zero-order chi connectivity index (χ0) is 28.9. The minimum Gasteiger partial charge on any atom is -0.481 e. The second-order valence-corrected chi connectivity index (χ2v) is 9.39. The van der Waals surface area contributed by atoms with Crippen LogP contribution in [0.5, 0.6) is 0 Å². The van der Waals surface area contributed by atoms with Crippen LogP contribution in [0.25, 0.3) is 0 Å². The van der Waals surface area contributed by atoms with Gasteiger partial charge in [-0.05, 0) is 25.2 Å². The van der Waals surface area contributed by atoms with E-state index in [2.05, 4.69) is 50.2 Å². The van der Waals surface area contributed by atoms with Crippen molar-refractivity contribution < 1.29 is 44.3 Å². The van der Waals surface area contributed by atoms with Crippen LogP contribution in [0.3, 0.4) is 0 Å². The van der Waals surface area contributed by atoms with E-state index in [-0.39, 0.29) is 11.9 Å². The van der Waals surface area contributed by atoms with E-state index in [4.69, 9.17) is 25.2 Å². The molecule has 0 saturated carbocycles. The van der Waals surface area contributed by atoms with E-state index >= 15 is 0 Å². The summed E-state index contributed by atoms with van der Waals surface area (Å²) >= 11 is 0. The van der Waals surface area contributed by atoms with Gasteiger partial charge in [-0.2, -0.15) is 0 Å². The molecule has 0 aliphatic rings. The van der Waals surface area contributed by atoms with Gasteiger partial charge in [0.2, 0.25) is 0 Å². The van der Waals surface area contributed by atoms with Crippen LogP contribution in [-0.4, -0.2) is 75.4 Å². The fraction of sp³-hybridized carbons (Fsp3) is 0.429. The average Bonchev–Trinajstić information content (AvgIpc) is 2.83. The highest BCUT2D eigenvalue weighted by molar-refractivity contribution is 5.88. The molecule has 208 valence electrons. The summed E-state index contributed by atoms with van der Waals surface area (Å²) in [4.78, 5) is 45.0. The molecule has 10 heteroatoms. The summed E-state index contributed by atoms with van der Waals surface area (Å²) in [5.74, 6) is -5.04. The number of hydrogen-bond acceptors (Lipinski definition) is 7. The third-order valence-electron chi connectivity index (χ3n) is 5.88. The second-order valence-electron chi connectivity index (χ2n) is 9.39. The number of hydrogen-bond donors (Lipinski definition) is 4. The second kappa shape index (κ2) is 14.8. The molecule has 4 N–H and O–H groups in total. The molecule has 0 radical (unpaired) electrons. The molecule has 10 nitrogen and oxygen atoms in total. The number of benzene rings is 2. The molecule has 0 fully saturated rings. The normalized spacial score (nSPS) is 13.4. The first-order valence-corrected chi connectivity index (χ1v) is 12.1. The van der Waals surface area contributed by atoms with Crippen molar-refractivity contribution in [3.8, 4) is 0 Å². The number of ether oxygens (including phenoxy) is 1. The minimum atomic E-state index is -2.74. The number of rotatable bonds is 13. The van der Waals surface area contributed by atoms with Gasteiger partial charge in [-0.15, -0.1) is 0 Å². The Hall–Kier alpha value is -3.76. The summed E-state index contributed by atoms with van der Waals surface area (Å²) in [6.45, 7) is 4.84. The van der Waals surface area contributed by atoms with Crippen molar-refractivity contribution in [2.24, 2.45) is 5.92 Å². The van der Waals surface area contributed by atoms with Crippen LogP contribution in [0.4, 0.5) is 0 Å². The lowest BCUT2D eigenvalue weighted by molar-refractivity contribution is -0.170. The Kier molecular flexibility index (Phi) is 12.6. The van der Waals surface area contributed by atoms with Gasteiger partial charge in [-0.25, -0.2) is 4.79 Å². The third kappa shape index (κ3) is 9.95.